The summed E-state index contributed by atoms with van der Waals surface area (Å²) in [6.45, 7) is 3.13. The Hall–Kier alpha value is -0.900. The summed E-state index contributed by atoms with van der Waals surface area (Å²) in [7, 11) is 0. The summed E-state index contributed by atoms with van der Waals surface area (Å²) in [5.74, 6) is -0.339. The number of benzene rings is 1. The fourth-order valence-corrected chi connectivity index (χ4v) is 3.01. The first kappa shape index (κ1) is 15.5. The predicted molar refractivity (Wildman–Crippen MR) is 85.2 cm³/mol. The summed E-state index contributed by atoms with van der Waals surface area (Å²) < 4.78 is 13.5. The molecule has 0 radical (unpaired) electrons. The SMILES string of the molecule is CCCNC(Cc1ccsc1)Cc1ccc(Cl)c(F)c1. The fourth-order valence-electron chi connectivity index (χ4n) is 2.21. The molecule has 4 heteroatoms. The monoisotopic (exact) mass is 311 g/mol. The fraction of sp³-hybridized carbons (Fsp3) is 0.375. The minimum Gasteiger partial charge on any atom is -0.313 e. The molecule has 1 N–H and O–H groups in total. The number of thiophene rings is 1. The van der Waals surface area contributed by atoms with Crippen molar-refractivity contribution in [1.29, 1.82) is 0 Å². The highest BCUT2D eigenvalue weighted by Crippen LogP contribution is 2.18. The van der Waals surface area contributed by atoms with Crippen LogP contribution in [0.4, 0.5) is 4.39 Å². The molecule has 108 valence electrons. The van der Waals surface area contributed by atoms with Crippen LogP contribution in [0.2, 0.25) is 5.02 Å². The van der Waals surface area contributed by atoms with Crippen molar-refractivity contribution in [2.24, 2.45) is 0 Å². The van der Waals surface area contributed by atoms with E-state index in [1.807, 2.05) is 6.07 Å². The topological polar surface area (TPSA) is 12.0 Å². The average molecular weight is 312 g/mol. The molecule has 0 fully saturated rings. The minimum atomic E-state index is -0.339. The van der Waals surface area contributed by atoms with Gasteiger partial charge in [-0.1, -0.05) is 24.6 Å². The van der Waals surface area contributed by atoms with Gasteiger partial charge in [0.15, 0.2) is 0 Å². The van der Waals surface area contributed by atoms with E-state index < -0.39 is 0 Å². The van der Waals surface area contributed by atoms with Crippen LogP contribution in [0.5, 0.6) is 0 Å². The zero-order chi connectivity index (χ0) is 14.4. The lowest BCUT2D eigenvalue weighted by Gasteiger charge is -2.18. The van der Waals surface area contributed by atoms with Crippen LogP contribution in [0.25, 0.3) is 0 Å². The Kier molecular flexibility index (Phi) is 6.02. The molecule has 2 rings (SSSR count). The molecule has 1 heterocycles. The number of nitrogens with one attached hydrogen (secondary N) is 1. The Bertz CT molecular complexity index is 527. The first-order valence-electron chi connectivity index (χ1n) is 6.87. The highest BCUT2D eigenvalue weighted by Gasteiger charge is 2.11. The second-order valence-electron chi connectivity index (χ2n) is 4.94. The summed E-state index contributed by atoms with van der Waals surface area (Å²) in [4.78, 5) is 0. The summed E-state index contributed by atoms with van der Waals surface area (Å²) >= 11 is 7.44. The lowest BCUT2D eigenvalue weighted by molar-refractivity contribution is 0.504. The first-order valence-corrected chi connectivity index (χ1v) is 8.19. The van der Waals surface area contributed by atoms with E-state index in [1.54, 1.807) is 17.4 Å². The standard InChI is InChI=1S/C16H19ClFNS/c1-2-6-19-14(9-13-5-7-20-11-13)8-12-3-4-15(17)16(18)10-12/h3-5,7,10-11,14,19H,2,6,8-9H2,1H3. The van der Waals surface area contributed by atoms with E-state index in [1.165, 1.54) is 11.6 Å². The van der Waals surface area contributed by atoms with Crippen molar-refractivity contribution >= 4 is 22.9 Å². The Morgan fingerprint density at radius 2 is 2.05 bits per heavy atom. The zero-order valence-corrected chi connectivity index (χ0v) is 13.1. The Labute approximate surface area is 128 Å². The molecule has 0 spiro atoms. The molecule has 0 saturated heterocycles. The van der Waals surface area contributed by atoms with Crippen molar-refractivity contribution in [2.75, 3.05) is 6.54 Å². The van der Waals surface area contributed by atoms with Gasteiger partial charge in [-0.2, -0.15) is 11.3 Å². The smallest absolute Gasteiger partial charge is 0.142 e. The molecule has 0 aliphatic heterocycles. The Balaban J connectivity index is 2.04. The molecule has 1 aromatic heterocycles. The molecule has 1 nitrogen and oxygen atoms in total. The Morgan fingerprint density at radius 3 is 2.70 bits per heavy atom. The van der Waals surface area contributed by atoms with Crippen LogP contribution in [0.1, 0.15) is 24.5 Å². The highest BCUT2D eigenvalue weighted by molar-refractivity contribution is 7.07. The molecular weight excluding hydrogens is 293 g/mol. The molecule has 20 heavy (non-hydrogen) atoms. The maximum Gasteiger partial charge on any atom is 0.142 e. The van der Waals surface area contributed by atoms with Crippen molar-refractivity contribution in [3.05, 3.63) is 57.0 Å². The van der Waals surface area contributed by atoms with Gasteiger partial charge in [0.2, 0.25) is 0 Å². The third kappa shape index (κ3) is 4.58. The maximum atomic E-state index is 13.5. The van der Waals surface area contributed by atoms with E-state index in [4.69, 9.17) is 11.6 Å². The van der Waals surface area contributed by atoms with E-state index in [-0.39, 0.29) is 10.8 Å². The van der Waals surface area contributed by atoms with Crippen LogP contribution in [0.3, 0.4) is 0 Å². The molecule has 1 atom stereocenters. The highest BCUT2D eigenvalue weighted by atomic mass is 35.5. The second-order valence-corrected chi connectivity index (χ2v) is 6.13. The summed E-state index contributed by atoms with van der Waals surface area (Å²) in [5.41, 5.74) is 2.31. The van der Waals surface area contributed by atoms with Crippen LogP contribution in [-0.2, 0) is 12.8 Å². The van der Waals surface area contributed by atoms with E-state index in [9.17, 15) is 4.39 Å². The molecule has 1 unspecified atom stereocenters. The lowest BCUT2D eigenvalue weighted by atomic mass is 10.0. The molecule has 0 aliphatic carbocycles. The van der Waals surface area contributed by atoms with E-state index in [0.29, 0.717) is 6.04 Å². The van der Waals surface area contributed by atoms with Crippen LogP contribution < -0.4 is 5.32 Å². The predicted octanol–water partition coefficient (Wildman–Crippen LogP) is 4.69. The number of halogens is 2. The van der Waals surface area contributed by atoms with Gasteiger partial charge in [0, 0.05) is 6.04 Å². The van der Waals surface area contributed by atoms with Gasteiger partial charge in [0.05, 0.1) is 5.02 Å². The number of rotatable bonds is 7. The van der Waals surface area contributed by atoms with Crippen LogP contribution in [-0.4, -0.2) is 12.6 Å². The van der Waals surface area contributed by atoms with Crippen molar-refractivity contribution < 1.29 is 4.39 Å². The summed E-state index contributed by atoms with van der Waals surface area (Å²) in [6.07, 6.45) is 2.87. The van der Waals surface area contributed by atoms with Gasteiger partial charge in [0.25, 0.3) is 0 Å². The first-order chi connectivity index (χ1) is 9.69. The van der Waals surface area contributed by atoms with Gasteiger partial charge in [0.1, 0.15) is 5.82 Å². The van der Waals surface area contributed by atoms with E-state index >= 15 is 0 Å². The largest absolute Gasteiger partial charge is 0.313 e. The van der Waals surface area contributed by atoms with Crippen molar-refractivity contribution in [3.63, 3.8) is 0 Å². The lowest BCUT2D eigenvalue weighted by Crippen LogP contribution is -2.33. The van der Waals surface area contributed by atoms with Crippen LogP contribution in [0.15, 0.2) is 35.0 Å². The summed E-state index contributed by atoms with van der Waals surface area (Å²) in [6, 6.07) is 7.54. The summed E-state index contributed by atoms with van der Waals surface area (Å²) in [5, 5.41) is 7.99. The molecule has 0 aliphatic rings. The molecule has 2 aromatic rings. The van der Waals surface area contributed by atoms with Crippen molar-refractivity contribution in [1.82, 2.24) is 5.32 Å². The van der Waals surface area contributed by atoms with Crippen molar-refractivity contribution in [3.8, 4) is 0 Å². The van der Waals surface area contributed by atoms with E-state index in [2.05, 4.69) is 29.1 Å². The van der Waals surface area contributed by atoms with Gasteiger partial charge >= 0.3 is 0 Å². The molecule has 1 aromatic carbocycles. The molecule has 0 saturated carbocycles. The minimum absolute atomic E-state index is 0.185. The average Bonchev–Trinajstić information content (AvgIpc) is 2.93. The van der Waals surface area contributed by atoms with Gasteiger partial charge in [-0.05, 0) is 65.9 Å². The zero-order valence-electron chi connectivity index (χ0n) is 11.5. The molecule has 0 amide bonds. The molecular formula is C16H19ClFNS. The number of hydrogen-bond acceptors (Lipinski definition) is 2. The maximum absolute atomic E-state index is 13.5. The van der Waals surface area contributed by atoms with Gasteiger partial charge < -0.3 is 5.32 Å². The second kappa shape index (κ2) is 7.77. The normalized spacial score (nSPS) is 12.6. The Morgan fingerprint density at radius 1 is 1.25 bits per heavy atom. The van der Waals surface area contributed by atoms with Gasteiger partial charge in [-0.15, -0.1) is 0 Å². The number of hydrogen-bond donors (Lipinski definition) is 1. The third-order valence-corrected chi connectivity index (χ3v) is 4.25. The van der Waals surface area contributed by atoms with Crippen LogP contribution >= 0.6 is 22.9 Å². The van der Waals surface area contributed by atoms with E-state index in [0.717, 1.165) is 31.4 Å². The van der Waals surface area contributed by atoms with Gasteiger partial charge in [-0.25, -0.2) is 4.39 Å². The third-order valence-electron chi connectivity index (χ3n) is 3.21. The van der Waals surface area contributed by atoms with Gasteiger partial charge in [-0.3, -0.25) is 0 Å². The van der Waals surface area contributed by atoms with Crippen molar-refractivity contribution in [2.45, 2.75) is 32.2 Å². The van der Waals surface area contributed by atoms with Crippen LogP contribution in [0, 0.1) is 5.82 Å². The quantitative estimate of drug-likeness (QED) is 0.782. The molecule has 0 bridgehead atoms.